The average Bonchev–Trinajstić information content (AvgIpc) is 3.03. The minimum atomic E-state index is -0.303. The van der Waals surface area contributed by atoms with Crippen molar-refractivity contribution in [3.63, 3.8) is 0 Å². The third kappa shape index (κ3) is 3.63. The highest BCUT2D eigenvalue weighted by atomic mass is 19.1. The van der Waals surface area contributed by atoms with Crippen molar-refractivity contribution in [3.05, 3.63) is 77.3 Å². The van der Waals surface area contributed by atoms with Gasteiger partial charge in [0.1, 0.15) is 11.5 Å². The third-order valence-electron chi connectivity index (χ3n) is 3.44. The fraction of sp³-hybridized carbons (Fsp3) is 0.111. The van der Waals surface area contributed by atoms with Crippen molar-refractivity contribution in [1.82, 2.24) is 10.5 Å². The maximum absolute atomic E-state index is 12.9. The van der Waals surface area contributed by atoms with Crippen LogP contribution in [-0.2, 0) is 6.54 Å². The number of hydrogen-bond donors (Lipinski definition) is 1. The fourth-order valence-electron chi connectivity index (χ4n) is 2.13. The van der Waals surface area contributed by atoms with E-state index >= 15 is 0 Å². The second-order valence-electron chi connectivity index (χ2n) is 5.23. The van der Waals surface area contributed by atoms with Crippen LogP contribution >= 0.6 is 0 Å². The van der Waals surface area contributed by atoms with Crippen LogP contribution in [0.4, 0.5) is 4.39 Å². The Morgan fingerprint density at radius 2 is 1.83 bits per heavy atom. The molecule has 0 aliphatic heterocycles. The van der Waals surface area contributed by atoms with Crippen molar-refractivity contribution in [1.29, 1.82) is 0 Å². The van der Waals surface area contributed by atoms with Gasteiger partial charge in [0.25, 0.3) is 5.91 Å². The van der Waals surface area contributed by atoms with E-state index < -0.39 is 0 Å². The molecule has 3 aromatic rings. The molecule has 4 nitrogen and oxygen atoms in total. The van der Waals surface area contributed by atoms with Gasteiger partial charge in [0.15, 0.2) is 5.76 Å². The minimum Gasteiger partial charge on any atom is -0.359 e. The molecule has 0 fully saturated rings. The summed E-state index contributed by atoms with van der Waals surface area (Å²) >= 11 is 0. The monoisotopic (exact) mass is 310 g/mol. The number of amides is 1. The molecule has 0 saturated heterocycles. The van der Waals surface area contributed by atoms with Crippen LogP contribution in [0.1, 0.15) is 21.7 Å². The summed E-state index contributed by atoms with van der Waals surface area (Å²) in [7, 11) is 0. The zero-order valence-corrected chi connectivity index (χ0v) is 12.5. The average molecular weight is 310 g/mol. The molecule has 1 heterocycles. The van der Waals surface area contributed by atoms with E-state index in [1.807, 2.05) is 19.1 Å². The Balaban J connectivity index is 1.64. The number of aryl methyl sites for hydroxylation is 1. The molecule has 1 aromatic heterocycles. The first kappa shape index (κ1) is 15.0. The summed E-state index contributed by atoms with van der Waals surface area (Å²) in [6, 6.07) is 15.0. The van der Waals surface area contributed by atoms with Crippen molar-refractivity contribution in [2.24, 2.45) is 0 Å². The molecule has 0 aliphatic carbocycles. The Kier molecular flexibility index (Phi) is 4.19. The van der Waals surface area contributed by atoms with Gasteiger partial charge >= 0.3 is 0 Å². The molecule has 0 unspecified atom stereocenters. The maximum Gasteiger partial charge on any atom is 0.251 e. The maximum atomic E-state index is 12.9. The molecule has 0 atom stereocenters. The Labute approximate surface area is 132 Å². The van der Waals surface area contributed by atoms with Gasteiger partial charge in [-0.1, -0.05) is 22.9 Å². The highest BCUT2D eigenvalue weighted by Gasteiger charge is 2.09. The van der Waals surface area contributed by atoms with E-state index in [-0.39, 0.29) is 18.3 Å². The summed E-state index contributed by atoms with van der Waals surface area (Å²) < 4.78 is 18.1. The van der Waals surface area contributed by atoms with E-state index in [0.29, 0.717) is 17.0 Å². The van der Waals surface area contributed by atoms with E-state index in [0.717, 1.165) is 11.1 Å². The van der Waals surface area contributed by atoms with E-state index in [1.165, 1.54) is 12.1 Å². The van der Waals surface area contributed by atoms with Crippen molar-refractivity contribution in [3.8, 4) is 11.3 Å². The number of hydrogen-bond acceptors (Lipinski definition) is 3. The van der Waals surface area contributed by atoms with Crippen LogP contribution in [0.2, 0.25) is 0 Å². The number of rotatable bonds is 4. The molecular weight excluding hydrogens is 295 g/mol. The lowest BCUT2D eigenvalue weighted by Gasteiger charge is -2.02. The van der Waals surface area contributed by atoms with Crippen LogP contribution in [-0.4, -0.2) is 11.1 Å². The number of carbonyl (C=O) groups excluding carboxylic acids is 1. The summed E-state index contributed by atoms with van der Waals surface area (Å²) in [6.07, 6.45) is 0. The third-order valence-corrected chi connectivity index (χ3v) is 3.44. The van der Waals surface area contributed by atoms with Crippen LogP contribution in [0.15, 0.2) is 59.1 Å². The number of halogens is 1. The molecule has 0 bridgehead atoms. The predicted octanol–water partition coefficient (Wildman–Crippen LogP) is 3.72. The van der Waals surface area contributed by atoms with Crippen molar-refractivity contribution in [2.45, 2.75) is 13.5 Å². The molecule has 1 N–H and O–H groups in total. The lowest BCUT2D eigenvalue weighted by molar-refractivity contribution is 0.0947. The molecule has 3 rings (SSSR count). The number of carbonyl (C=O) groups is 1. The van der Waals surface area contributed by atoms with Crippen molar-refractivity contribution >= 4 is 5.91 Å². The van der Waals surface area contributed by atoms with Gasteiger partial charge in [0.05, 0.1) is 6.54 Å². The topological polar surface area (TPSA) is 55.1 Å². The molecule has 2 aromatic carbocycles. The summed E-state index contributed by atoms with van der Waals surface area (Å²) in [6.45, 7) is 2.20. The minimum absolute atomic E-state index is 0.176. The highest BCUT2D eigenvalue weighted by molar-refractivity contribution is 5.94. The Morgan fingerprint density at radius 1 is 1.13 bits per heavy atom. The van der Waals surface area contributed by atoms with Gasteiger partial charge in [-0.25, -0.2) is 4.39 Å². The predicted molar refractivity (Wildman–Crippen MR) is 84.2 cm³/mol. The van der Waals surface area contributed by atoms with Crippen LogP contribution in [0, 0.1) is 12.7 Å². The lowest BCUT2D eigenvalue weighted by atomic mass is 10.1. The zero-order chi connectivity index (χ0) is 16.2. The quantitative estimate of drug-likeness (QED) is 0.799. The number of aromatic nitrogens is 1. The number of benzene rings is 2. The van der Waals surface area contributed by atoms with Crippen LogP contribution in [0.3, 0.4) is 0 Å². The molecule has 0 aliphatic rings. The van der Waals surface area contributed by atoms with E-state index in [4.69, 9.17) is 4.52 Å². The smallest absolute Gasteiger partial charge is 0.251 e. The van der Waals surface area contributed by atoms with Gasteiger partial charge in [-0.3, -0.25) is 4.79 Å². The first-order chi connectivity index (χ1) is 11.1. The van der Waals surface area contributed by atoms with E-state index in [9.17, 15) is 9.18 Å². The molecule has 23 heavy (non-hydrogen) atoms. The molecule has 116 valence electrons. The largest absolute Gasteiger partial charge is 0.359 e. The van der Waals surface area contributed by atoms with Crippen LogP contribution in [0.25, 0.3) is 11.3 Å². The molecule has 0 saturated carbocycles. The highest BCUT2D eigenvalue weighted by Crippen LogP contribution is 2.19. The standard InChI is InChI=1S/C18H15FN2O2/c1-12-2-4-14(5-3-12)18(22)20-11-16-10-17(21-23-16)13-6-8-15(19)9-7-13/h2-10H,11H2,1H3,(H,20,22). The molecule has 5 heteroatoms. The van der Waals surface area contributed by atoms with E-state index in [2.05, 4.69) is 10.5 Å². The normalized spacial score (nSPS) is 10.5. The first-order valence-corrected chi connectivity index (χ1v) is 7.18. The molecule has 1 amide bonds. The summed E-state index contributed by atoms with van der Waals surface area (Å²) in [4.78, 5) is 12.0. The first-order valence-electron chi connectivity index (χ1n) is 7.18. The van der Waals surface area contributed by atoms with Gasteiger partial charge in [-0.05, 0) is 43.3 Å². The lowest BCUT2D eigenvalue weighted by Crippen LogP contribution is -2.22. The summed E-state index contributed by atoms with van der Waals surface area (Å²) in [5.74, 6) is 0.0531. The molecule has 0 radical (unpaired) electrons. The summed E-state index contributed by atoms with van der Waals surface area (Å²) in [5.41, 5.74) is 3.05. The zero-order valence-electron chi connectivity index (χ0n) is 12.5. The van der Waals surface area contributed by atoms with Crippen LogP contribution < -0.4 is 5.32 Å². The van der Waals surface area contributed by atoms with Crippen molar-refractivity contribution in [2.75, 3.05) is 0 Å². The van der Waals surface area contributed by atoms with Gasteiger partial charge in [-0.2, -0.15) is 0 Å². The molecular formula is C18H15FN2O2. The summed E-state index contributed by atoms with van der Waals surface area (Å²) in [5, 5.41) is 6.71. The Bertz CT molecular complexity index is 808. The van der Waals surface area contributed by atoms with E-state index in [1.54, 1.807) is 30.3 Å². The Hall–Kier alpha value is -2.95. The second kappa shape index (κ2) is 6.44. The number of nitrogens with zero attached hydrogens (tertiary/aromatic N) is 1. The van der Waals surface area contributed by atoms with Gasteiger partial charge in [0.2, 0.25) is 0 Å². The number of nitrogens with one attached hydrogen (secondary N) is 1. The van der Waals surface area contributed by atoms with Gasteiger partial charge in [-0.15, -0.1) is 0 Å². The molecule has 0 spiro atoms. The van der Waals surface area contributed by atoms with Gasteiger partial charge in [0, 0.05) is 17.2 Å². The van der Waals surface area contributed by atoms with Gasteiger partial charge < -0.3 is 9.84 Å². The Morgan fingerprint density at radius 3 is 2.52 bits per heavy atom. The SMILES string of the molecule is Cc1ccc(C(=O)NCc2cc(-c3ccc(F)cc3)no2)cc1. The van der Waals surface area contributed by atoms with Crippen LogP contribution in [0.5, 0.6) is 0 Å². The fourth-order valence-corrected chi connectivity index (χ4v) is 2.13. The second-order valence-corrected chi connectivity index (χ2v) is 5.23. The van der Waals surface area contributed by atoms with Crippen molar-refractivity contribution < 1.29 is 13.7 Å².